The van der Waals surface area contributed by atoms with Crippen molar-refractivity contribution in [3.8, 4) is 5.75 Å². The number of hydrogen-bond acceptors (Lipinski definition) is 2. The van der Waals surface area contributed by atoms with Crippen LogP contribution in [0.3, 0.4) is 0 Å². The molecular weight excluding hydrogens is 176 g/mol. The van der Waals surface area contributed by atoms with Gasteiger partial charge in [-0.3, -0.25) is 4.79 Å². The molecule has 1 aromatic carbocycles. The van der Waals surface area contributed by atoms with Crippen molar-refractivity contribution in [2.75, 3.05) is 7.11 Å². The lowest BCUT2D eigenvalue weighted by molar-refractivity contribution is 0.0993. The summed E-state index contributed by atoms with van der Waals surface area (Å²) in [6, 6.07) is 7.15. The fraction of sp³-hybridized carbons (Fsp3) is 0.250. The van der Waals surface area contributed by atoms with Crippen molar-refractivity contribution in [2.45, 2.75) is 13.3 Å². The summed E-state index contributed by atoms with van der Waals surface area (Å²) in [5.41, 5.74) is 1.55. The maximum absolute atomic E-state index is 11.6. The molecule has 0 heterocycles. The minimum Gasteiger partial charge on any atom is -0.497 e. The molecule has 0 fully saturated rings. The number of methoxy groups -OCH3 is 1. The molecule has 0 amide bonds. The molecule has 0 aliphatic carbocycles. The summed E-state index contributed by atoms with van der Waals surface area (Å²) in [6.45, 7) is 5.56. The average molecular weight is 190 g/mol. The van der Waals surface area contributed by atoms with Gasteiger partial charge in [0.05, 0.1) is 7.11 Å². The molecule has 1 rings (SSSR count). The van der Waals surface area contributed by atoms with Gasteiger partial charge in [-0.15, -0.1) is 0 Å². The summed E-state index contributed by atoms with van der Waals surface area (Å²) < 4.78 is 5.04. The predicted molar refractivity (Wildman–Crippen MR) is 56.8 cm³/mol. The van der Waals surface area contributed by atoms with Gasteiger partial charge in [0, 0.05) is 12.0 Å². The Morgan fingerprint density at radius 1 is 1.50 bits per heavy atom. The Hall–Kier alpha value is -1.57. The van der Waals surface area contributed by atoms with Crippen LogP contribution in [-0.2, 0) is 0 Å². The normalized spacial score (nSPS) is 9.57. The third-order valence-corrected chi connectivity index (χ3v) is 1.85. The monoisotopic (exact) mass is 190 g/mol. The number of allylic oxidation sites excluding steroid dienone is 1. The van der Waals surface area contributed by atoms with E-state index in [9.17, 15) is 4.79 Å². The van der Waals surface area contributed by atoms with Crippen molar-refractivity contribution in [1.82, 2.24) is 0 Å². The van der Waals surface area contributed by atoms with E-state index in [0.29, 0.717) is 17.7 Å². The molecule has 1 aromatic rings. The van der Waals surface area contributed by atoms with Crippen LogP contribution >= 0.6 is 0 Å². The summed E-state index contributed by atoms with van der Waals surface area (Å²) in [6.07, 6.45) is 0.396. The Morgan fingerprint density at radius 2 is 2.21 bits per heavy atom. The Kier molecular flexibility index (Phi) is 3.46. The van der Waals surface area contributed by atoms with Gasteiger partial charge in [0.15, 0.2) is 5.78 Å². The fourth-order valence-corrected chi connectivity index (χ4v) is 1.17. The molecule has 2 heteroatoms. The number of hydrogen-bond donors (Lipinski definition) is 0. The summed E-state index contributed by atoms with van der Waals surface area (Å²) >= 11 is 0. The third-order valence-electron chi connectivity index (χ3n) is 1.85. The number of rotatable bonds is 4. The molecule has 0 atom stereocenters. The molecule has 0 aromatic heterocycles. The van der Waals surface area contributed by atoms with Crippen LogP contribution < -0.4 is 4.74 Å². The number of Topliss-reactive ketones (excluding diaryl/α,β-unsaturated/α-hetero) is 1. The second kappa shape index (κ2) is 4.61. The van der Waals surface area contributed by atoms with E-state index >= 15 is 0 Å². The van der Waals surface area contributed by atoms with Crippen LogP contribution in [0.15, 0.2) is 36.4 Å². The molecule has 74 valence electrons. The highest BCUT2D eigenvalue weighted by Crippen LogP contribution is 2.15. The molecular formula is C12H14O2. The van der Waals surface area contributed by atoms with Crippen LogP contribution in [0.1, 0.15) is 23.7 Å². The quantitative estimate of drug-likeness (QED) is 0.539. The first-order valence-electron chi connectivity index (χ1n) is 4.45. The topological polar surface area (TPSA) is 26.3 Å². The van der Waals surface area contributed by atoms with E-state index in [2.05, 4.69) is 6.58 Å². The van der Waals surface area contributed by atoms with Crippen molar-refractivity contribution in [1.29, 1.82) is 0 Å². The molecule has 0 saturated carbocycles. The van der Waals surface area contributed by atoms with E-state index in [4.69, 9.17) is 4.74 Å². The SMILES string of the molecule is C=C(C)CC(=O)c1cccc(OC)c1. The molecule has 0 spiro atoms. The second-order valence-corrected chi connectivity index (χ2v) is 3.29. The fourth-order valence-electron chi connectivity index (χ4n) is 1.17. The van der Waals surface area contributed by atoms with Gasteiger partial charge in [-0.25, -0.2) is 0 Å². The maximum Gasteiger partial charge on any atom is 0.167 e. The Bertz CT molecular complexity index is 353. The zero-order chi connectivity index (χ0) is 10.6. The van der Waals surface area contributed by atoms with Crippen LogP contribution in [-0.4, -0.2) is 12.9 Å². The molecule has 0 saturated heterocycles. The standard InChI is InChI=1S/C12H14O2/c1-9(2)7-12(13)10-5-4-6-11(8-10)14-3/h4-6,8H,1,7H2,2-3H3. The van der Waals surface area contributed by atoms with Crippen molar-refractivity contribution in [3.05, 3.63) is 42.0 Å². The van der Waals surface area contributed by atoms with Crippen molar-refractivity contribution >= 4 is 5.78 Å². The van der Waals surface area contributed by atoms with E-state index in [-0.39, 0.29) is 5.78 Å². The second-order valence-electron chi connectivity index (χ2n) is 3.29. The van der Waals surface area contributed by atoms with E-state index in [1.165, 1.54) is 0 Å². The Balaban J connectivity index is 2.84. The molecule has 0 aliphatic heterocycles. The highest BCUT2D eigenvalue weighted by molar-refractivity contribution is 5.97. The molecule has 0 radical (unpaired) electrons. The zero-order valence-corrected chi connectivity index (χ0v) is 8.54. The van der Waals surface area contributed by atoms with E-state index < -0.39 is 0 Å². The highest BCUT2D eigenvalue weighted by atomic mass is 16.5. The van der Waals surface area contributed by atoms with E-state index in [1.54, 1.807) is 19.2 Å². The van der Waals surface area contributed by atoms with Gasteiger partial charge in [0.2, 0.25) is 0 Å². The average Bonchev–Trinajstić information content (AvgIpc) is 2.17. The van der Waals surface area contributed by atoms with Crippen molar-refractivity contribution in [2.24, 2.45) is 0 Å². The van der Waals surface area contributed by atoms with Gasteiger partial charge in [0.1, 0.15) is 5.75 Å². The summed E-state index contributed by atoms with van der Waals surface area (Å²) in [5, 5.41) is 0. The molecule has 0 N–H and O–H groups in total. The molecule has 0 unspecified atom stereocenters. The van der Waals surface area contributed by atoms with Crippen LogP contribution in [0.25, 0.3) is 0 Å². The first-order valence-corrected chi connectivity index (χ1v) is 4.45. The Morgan fingerprint density at radius 3 is 2.79 bits per heavy atom. The smallest absolute Gasteiger partial charge is 0.167 e. The predicted octanol–water partition coefficient (Wildman–Crippen LogP) is 2.84. The van der Waals surface area contributed by atoms with Gasteiger partial charge in [-0.05, 0) is 19.1 Å². The number of carbonyl (C=O) groups excluding carboxylic acids is 1. The molecule has 14 heavy (non-hydrogen) atoms. The molecule has 0 aliphatic rings. The Labute approximate surface area is 84.2 Å². The summed E-state index contributed by atoms with van der Waals surface area (Å²) in [7, 11) is 1.59. The lowest BCUT2D eigenvalue weighted by Gasteiger charge is -2.03. The van der Waals surface area contributed by atoms with Gasteiger partial charge in [-0.2, -0.15) is 0 Å². The third kappa shape index (κ3) is 2.73. The van der Waals surface area contributed by atoms with Crippen LogP contribution in [0.5, 0.6) is 5.75 Å². The van der Waals surface area contributed by atoms with Gasteiger partial charge >= 0.3 is 0 Å². The summed E-state index contributed by atoms with van der Waals surface area (Å²) in [5.74, 6) is 0.786. The number of benzene rings is 1. The van der Waals surface area contributed by atoms with Crippen LogP contribution in [0.2, 0.25) is 0 Å². The first kappa shape index (κ1) is 10.5. The van der Waals surface area contributed by atoms with Crippen molar-refractivity contribution in [3.63, 3.8) is 0 Å². The minimum absolute atomic E-state index is 0.0800. The lowest BCUT2D eigenvalue weighted by atomic mass is 10.1. The van der Waals surface area contributed by atoms with Gasteiger partial charge in [0.25, 0.3) is 0 Å². The molecule has 2 nitrogen and oxygen atoms in total. The molecule has 0 bridgehead atoms. The van der Waals surface area contributed by atoms with E-state index in [0.717, 1.165) is 5.57 Å². The van der Waals surface area contributed by atoms with Crippen LogP contribution in [0.4, 0.5) is 0 Å². The minimum atomic E-state index is 0.0800. The number of carbonyl (C=O) groups is 1. The van der Waals surface area contributed by atoms with Gasteiger partial charge < -0.3 is 4.74 Å². The number of ketones is 1. The van der Waals surface area contributed by atoms with Gasteiger partial charge in [-0.1, -0.05) is 24.3 Å². The highest BCUT2D eigenvalue weighted by Gasteiger charge is 2.06. The lowest BCUT2D eigenvalue weighted by Crippen LogP contribution is -1.99. The van der Waals surface area contributed by atoms with Crippen LogP contribution in [0, 0.1) is 0 Å². The maximum atomic E-state index is 11.6. The number of ether oxygens (including phenoxy) is 1. The van der Waals surface area contributed by atoms with Crippen molar-refractivity contribution < 1.29 is 9.53 Å². The summed E-state index contributed by atoms with van der Waals surface area (Å²) in [4.78, 5) is 11.6. The largest absolute Gasteiger partial charge is 0.497 e. The van der Waals surface area contributed by atoms with E-state index in [1.807, 2.05) is 19.1 Å². The zero-order valence-electron chi connectivity index (χ0n) is 8.54. The first-order chi connectivity index (χ1) is 6.63.